The summed E-state index contributed by atoms with van der Waals surface area (Å²) in [5.41, 5.74) is 0.674. The second-order valence-electron chi connectivity index (χ2n) is 8.00. The van der Waals surface area contributed by atoms with Crippen LogP contribution in [0.5, 0.6) is 5.75 Å². The molecule has 1 aromatic carbocycles. The lowest BCUT2D eigenvalue weighted by Crippen LogP contribution is -2.39. The van der Waals surface area contributed by atoms with Crippen LogP contribution in [-0.4, -0.2) is 48.6 Å². The summed E-state index contributed by atoms with van der Waals surface area (Å²) in [6.07, 6.45) is 5.11. The summed E-state index contributed by atoms with van der Waals surface area (Å²) in [5, 5.41) is 4.38. The van der Waals surface area contributed by atoms with E-state index >= 15 is 0 Å². The highest BCUT2D eigenvalue weighted by atomic mass is 35.5. The van der Waals surface area contributed by atoms with Crippen molar-refractivity contribution in [2.24, 2.45) is 11.8 Å². The summed E-state index contributed by atoms with van der Waals surface area (Å²) in [6, 6.07) is 7.24. The molecule has 2 aromatic rings. The van der Waals surface area contributed by atoms with Crippen molar-refractivity contribution in [3.8, 4) is 5.75 Å². The second-order valence-corrected chi connectivity index (χ2v) is 8.40. The zero-order chi connectivity index (χ0) is 19.9. The maximum atomic E-state index is 12.1. The first-order chi connectivity index (χ1) is 13.5. The molecule has 5 nitrogen and oxygen atoms in total. The Morgan fingerprint density at radius 1 is 1.25 bits per heavy atom. The molecule has 1 aromatic heterocycles. The molecule has 1 saturated heterocycles. The number of unbranched alkanes of at least 4 members (excludes halogenated alkanes) is 1. The van der Waals surface area contributed by atoms with Gasteiger partial charge >= 0.3 is 0 Å². The van der Waals surface area contributed by atoms with Crippen LogP contribution >= 0.6 is 11.6 Å². The fraction of sp³-hybridized carbons (Fsp3) is 0.545. The summed E-state index contributed by atoms with van der Waals surface area (Å²) in [6.45, 7) is 8.85. The first kappa shape index (κ1) is 20.9. The van der Waals surface area contributed by atoms with Gasteiger partial charge in [-0.05, 0) is 61.9 Å². The standard InChI is InChI=1S/C22H30ClN3O2/c1-16-12-17(2)14-26(13-16)11-4-3-9-24-21(27)15-28-20-8-7-19(23)18-6-5-10-25-22(18)20/h5-8,10,16-17H,3-4,9,11-15H2,1-2H3,(H,24,27). The number of carbonyl (C=O) groups excluding carboxylic acids is 1. The van der Waals surface area contributed by atoms with Gasteiger partial charge in [-0.2, -0.15) is 0 Å². The summed E-state index contributed by atoms with van der Waals surface area (Å²) >= 11 is 6.18. The third kappa shape index (κ3) is 5.82. The van der Waals surface area contributed by atoms with Gasteiger partial charge in [0.05, 0.1) is 5.02 Å². The summed E-state index contributed by atoms with van der Waals surface area (Å²) < 4.78 is 5.67. The lowest BCUT2D eigenvalue weighted by Gasteiger charge is -2.34. The predicted molar refractivity (Wildman–Crippen MR) is 114 cm³/mol. The quantitative estimate of drug-likeness (QED) is 0.673. The van der Waals surface area contributed by atoms with Gasteiger partial charge in [0.2, 0.25) is 0 Å². The van der Waals surface area contributed by atoms with Crippen LogP contribution < -0.4 is 10.1 Å². The van der Waals surface area contributed by atoms with Crippen LogP contribution in [0.4, 0.5) is 0 Å². The molecule has 1 fully saturated rings. The minimum Gasteiger partial charge on any atom is -0.481 e. The number of piperidine rings is 1. The van der Waals surface area contributed by atoms with Crippen molar-refractivity contribution in [2.75, 3.05) is 32.8 Å². The number of aromatic nitrogens is 1. The number of fused-ring (bicyclic) bond motifs is 1. The van der Waals surface area contributed by atoms with Gasteiger partial charge in [0.15, 0.2) is 6.61 Å². The van der Waals surface area contributed by atoms with Crippen molar-refractivity contribution >= 4 is 28.4 Å². The molecule has 0 spiro atoms. The Hall–Kier alpha value is -1.85. The molecule has 0 saturated carbocycles. The Morgan fingerprint density at radius 3 is 2.82 bits per heavy atom. The SMILES string of the molecule is CC1CC(C)CN(CCCCNC(=O)COc2ccc(Cl)c3cccnc23)C1. The average molecular weight is 404 g/mol. The van der Waals surface area contributed by atoms with E-state index in [1.165, 1.54) is 19.5 Å². The van der Waals surface area contributed by atoms with Crippen LogP contribution in [0, 0.1) is 11.8 Å². The third-order valence-corrected chi connectivity index (χ3v) is 5.54. The number of nitrogens with zero attached hydrogens (tertiary/aromatic N) is 2. The molecule has 28 heavy (non-hydrogen) atoms. The smallest absolute Gasteiger partial charge is 0.257 e. The van der Waals surface area contributed by atoms with Gasteiger partial charge in [-0.1, -0.05) is 25.4 Å². The number of nitrogens with one attached hydrogen (secondary N) is 1. The number of carbonyl (C=O) groups is 1. The maximum absolute atomic E-state index is 12.1. The monoisotopic (exact) mass is 403 g/mol. The Bertz CT molecular complexity index is 788. The van der Waals surface area contributed by atoms with Crippen molar-refractivity contribution in [1.82, 2.24) is 15.2 Å². The van der Waals surface area contributed by atoms with Crippen LogP contribution in [0.1, 0.15) is 33.1 Å². The average Bonchev–Trinajstić information content (AvgIpc) is 2.67. The highest BCUT2D eigenvalue weighted by Gasteiger charge is 2.20. The van der Waals surface area contributed by atoms with Crippen LogP contribution in [0.15, 0.2) is 30.5 Å². The Balaban J connectivity index is 1.36. The maximum Gasteiger partial charge on any atom is 0.257 e. The Labute approximate surface area is 172 Å². The van der Waals surface area contributed by atoms with Gasteiger partial charge < -0.3 is 15.0 Å². The molecule has 152 valence electrons. The first-order valence-electron chi connectivity index (χ1n) is 10.2. The first-order valence-corrected chi connectivity index (χ1v) is 10.6. The van der Waals surface area contributed by atoms with E-state index in [9.17, 15) is 4.79 Å². The highest BCUT2D eigenvalue weighted by molar-refractivity contribution is 6.35. The highest BCUT2D eigenvalue weighted by Crippen LogP contribution is 2.29. The molecule has 1 aliphatic heterocycles. The molecule has 1 N–H and O–H groups in total. The van der Waals surface area contributed by atoms with Gasteiger partial charge in [-0.15, -0.1) is 0 Å². The van der Waals surface area contributed by atoms with E-state index in [4.69, 9.17) is 16.3 Å². The van der Waals surface area contributed by atoms with Gasteiger partial charge in [-0.25, -0.2) is 0 Å². The fourth-order valence-electron chi connectivity index (χ4n) is 4.09. The lowest BCUT2D eigenvalue weighted by atomic mass is 9.92. The van der Waals surface area contributed by atoms with E-state index in [-0.39, 0.29) is 12.5 Å². The molecule has 3 rings (SSSR count). The largest absolute Gasteiger partial charge is 0.481 e. The number of pyridine rings is 1. The summed E-state index contributed by atoms with van der Waals surface area (Å²) in [5.74, 6) is 2.04. The molecule has 1 aliphatic rings. The number of amides is 1. The number of hydrogen-bond donors (Lipinski definition) is 1. The van der Waals surface area contributed by atoms with Crippen molar-refractivity contribution < 1.29 is 9.53 Å². The predicted octanol–water partition coefficient (Wildman–Crippen LogP) is 4.14. The number of benzene rings is 1. The van der Waals surface area contributed by atoms with Gasteiger partial charge in [-0.3, -0.25) is 9.78 Å². The molecule has 0 bridgehead atoms. The molecular formula is C22H30ClN3O2. The van der Waals surface area contributed by atoms with Crippen molar-refractivity contribution in [3.63, 3.8) is 0 Å². The van der Waals surface area contributed by atoms with Gasteiger partial charge in [0, 0.05) is 31.2 Å². The number of likely N-dealkylation sites (tertiary alicyclic amines) is 1. The number of ether oxygens (including phenoxy) is 1. The number of hydrogen-bond acceptors (Lipinski definition) is 4. The normalized spacial score (nSPS) is 20.2. The zero-order valence-electron chi connectivity index (χ0n) is 16.8. The van der Waals surface area contributed by atoms with Crippen molar-refractivity contribution in [3.05, 3.63) is 35.5 Å². The molecule has 0 radical (unpaired) electrons. The van der Waals surface area contributed by atoms with E-state index in [1.54, 1.807) is 18.3 Å². The summed E-state index contributed by atoms with van der Waals surface area (Å²) in [7, 11) is 0. The van der Waals surface area contributed by atoms with Crippen LogP contribution in [0.25, 0.3) is 10.9 Å². The topological polar surface area (TPSA) is 54.5 Å². The van der Waals surface area contributed by atoms with Crippen LogP contribution in [-0.2, 0) is 4.79 Å². The van der Waals surface area contributed by atoms with Gasteiger partial charge in [0.25, 0.3) is 5.91 Å². The van der Waals surface area contributed by atoms with E-state index in [1.807, 2.05) is 12.1 Å². The van der Waals surface area contributed by atoms with Crippen molar-refractivity contribution in [1.29, 1.82) is 0 Å². The minimum atomic E-state index is -0.112. The fourth-order valence-corrected chi connectivity index (χ4v) is 4.30. The molecule has 2 atom stereocenters. The molecule has 2 heterocycles. The molecule has 1 amide bonds. The molecule has 0 aliphatic carbocycles. The lowest BCUT2D eigenvalue weighted by molar-refractivity contribution is -0.123. The third-order valence-electron chi connectivity index (χ3n) is 5.21. The Kier molecular flexibility index (Phi) is 7.51. The minimum absolute atomic E-state index is 0.0194. The van der Waals surface area contributed by atoms with E-state index in [2.05, 4.69) is 29.0 Å². The second kappa shape index (κ2) is 10.1. The molecular weight excluding hydrogens is 374 g/mol. The molecule has 6 heteroatoms. The Morgan fingerprint density at radius 2 is 2.04 bits per heavy atom. The van der Waals surface area contributed by atoms with E-state index < -0.39 is 0 Å². The number of halogens is 1. The van der Waals surface area contributed by atoms with Crippen molar-refractivity contribution in [2.45, 2.75) is 33.1 Å². The summed E-state index contributed by atoms with van der Waals surface area (Å²) in [4.78, 5) is 19.0. The number of rotatable bonds is 8. The van der Waals surface area contributed by atoms with E-state index in [0.717, 1.165) is 36.6 Å². The van der Waals surface area contributed by atoms with Crippen LogP contribution in [0.2, 0.25) is 5.02 Å². The molecule has 2 unspecified atom stereocenters. The van der Waals surface area contributed by atoms with E-state index in [0.29, 0.717) is 22.8 Å². The van der Waals surface area contributed by atoms with Crippen LogP contribution in [0.3, 0.4) is 0 Å². The zero-order valence-corrected chi connectivity index (χ0v) is 17.5. The van der Waals surface area contributed by atoms with Gasteiger partial charge in [0.1, 0.15) is 11.3 Å².